The Morgan fingerprint density at radius 3 is 2.39 bits per heavy atom. The number of aliphatic imine (C=N–C) groups is 1. The lowest BCUT2D eigenvalue weighted by atomic mass is 9.97. The molecule has 0 atom stereocenters. The molecule has 0 spiro atoms. The SMILES string of the molecule is CC(=O)NCc1ccc(C(=NC2CCN(C)CC2)c2c(O)[nH]c3ccc(C(C)=O)cc23)cc1. The summed E-state index contributed by atoms with van der Waals surface area (Å²) in [5, 5.41) is 14.5. The Morgan fingerprint density at radius 2 is 1.76 bits per heavy atom. The lowest BCUT2D eigenvalue weighted by Crippen LogP contribution is -2.32. The molecule has 7 nitrogen and oxygen atoms in total. The lowest BCUT2D eigenvalue weighted by Gasteiger charge is -2.27. The molecule has 0 unspecified atom stereocenters. The molecule has 1 amide bonds. The number of hydrogen-bond acceptors (Lipinski definition) is 5. The van der Waals surface area contributed by atoms with Gasteiger partial charge in [0.2, 0.25) is 5.91 Å². The number of ketones is 1. The number of Topliss-reactive ketones (excluding diaryl/α,β-unsaturated/α-hetero) is 1. The Hall–Kier alpha value is -3.45. The largest absolute Gasteiger partial charge is 0.494 e. The predicted molar refractivity (Wildman–Crippen MR) is 130 cm³/mol. The molecule has 1 aromatic heterocycles. The number of aromatic nitrogens is 1. The molecule has 4 rings (SSSR count). The molecule has 0 aliphatic carbocycles. The first-order valence-corrected chi connectivity index (χ1v) is 11.3. The molecular weight excluding hydrogens is 416 g/mol. The van der Waals surface area contributed by atoms with Gasteiger partial charge in [0.05, 0.1) is 17.3 Å². The fourth-order valence-corrected chi connectivity index (χ4v) is 4.23. The van der Waals surface area contributed by atoms with Crippen molar-refractivity contribution in [2.24, 2.45) is 4.99 Å². The minimum absolute atomic E-state index is 0.0281. The molecule has 0 saturated carbocycles. The van der Waals surface area contributed by atoms with Crippen LogP contribution in [0.5, 0.6) is 5.88 Å². The molecule has 1 saturated heterocycles. The minimum Gasteiger partial charge on any atom is -0.494 e. The van der Waals surface area contributed by atoms with Gasteiger partial charge < -0.3 is 20.3 Å². The van der Waals surface area contributed by atoms with E-state index in [9.17, 15) is 14.7 Å². The van der Waals surface area contributed by atoms with Gasteiger partial charge in [-0.05, 0) is 63.7 Å². The summed E-state index contributed by atoms with van der Waals surface area (Å²) in [6.07, 6.45) is 1.89. The number of H-pyrrole nitrogens is 1. The highest BCUT2D eigenvalue weighted by atomic mass is 16.3. The van der Waals surface area contributed by atoms with Crippen molar-refractivity contribution in [1.29, 1.82) is 0 Å². The third-order valence-electron chi connectivity index (χ3n) is 6.19. The van der Waals surface area contributed by atoms with Gasteiger partial charge in [-0.15, -0.1) is 0 Å². The van der Waals surface area contributed by atoms with Gasteiger partial charge in [-0.25, -0.2) is 0 Å². The first kappa shape index (κ1) is 22.7. The number of rotatable bonds is 6. The quantitative estimate of drug-likeness (QED) is 0.398. The van der Waals surface area contributed by atoms with Crippen molar-refractivity contribution in [3.63, 3.8) is 0 Å². The van der Waals surface area contributed by atoms with E-state index in [0.717, 1.165) is 48.0 Å². The van der Waals surface area contributed by atoms with E-state index in [1.165, 1.54) is 13.8 Å². The van der Waals surface area contributed by atoms with Gasteiger partial charge in [0, 0.05) is 35.5 Å². The average molecular weight is 447 g/mol. The second kappa shape index (κ2) is 9.58. The van der Waals surface area contributed by atoms with Crippen LogP contribution in [0.1, 0.15) is 53.7 Å². The van der Waals surface area contributed by atoms with Gasteiger partial charge in [0.25, 0.3) is 0 Å². The number of aromatic amines is 1. The third-order valence-corrected chi connectivity index (χ3v) is 6.19. The van der Waals surface area contributed by atoms with Crippen LogP contribution in [0.25, 0.3) is 10.9 Å². The van der Waals surface area contributed by atoms with E-state index in [-0.39, 0.29) is 23.6 Å². The molecule has 7 heteroatoms. The van der Waals surface area contributed by atoms with Crippen LogP contribution in [0.4, 0.5) is 0 Å². The molecule has 172 valence electrons. The van der Waals surface area contributed by atoms with Crippen LogP contribution >= 0.6 is 0 Å². The highest BCUT2D eigenvalue weighted by Gasteiger charge is 2.22. The van der Waals surface area contributed by atoms with Crippen molar-refractivity contribution in [2.45, 2.75) is 39.3 Å². The predicted octanol–water partition coefficient (Wildman–Crippen LogP) is 3.64. The van der Waals surface area contributed by atoms with Gasteiger partial charge in [-0.1, -0.05) is 24.3 Å². The van der Waals surface area contributed by atoms with Gasteiger partial charge in [-0.3, -0.25) is 14.6 Å². The minimum atomic E-state index is -0.0754. The van der Waals surface area contributed by atoms with Crippen molar-refractivity contribution < 1.29 is 14.7 Å². The zero-order valence-corrected chi connectivity index (χ0v) is 19.3. The van der Waals surface area contributed by atoms with Crippen molar-refractivity contribution in [2.75, 3.05) is 20.1 Å². The Bertz CT molecular complexity index is 1200. The fraction of sp³-hybridized carbons (Fsp3) is 0.346. The summed E-state index contributed by atoms with van der Waals surface area (Å²) in [4.78, 5) is 33.7. The summed E-state index contributed by atoms with van der Waals surface area (Å²) in [6, 6.07) is 13.4. The maximum Gasteiger partial charge on any atom is 0.217 e. The van der Waals surface area contributed by atoms with E-state index in [2.05, 4.69) is 22.2 Å². The summed E-state index contributed by atoms with van der Waals surface area (Å²) in [7, 11) is 2.11. The maximum atomic E-state index is 12.0. The number of carbonyl (C=O) groups is 2. The van der Waals surface area contributed by atoms with Crippen molar-refractivity contribution in [3.05, 3.63) is 64.7 Å². The number of nitrogens with zero attached hydrogens (tertiary/aromatic N) is 2. The van der Waals surface area contributed by atoms with Gasteiger partial charge in [-0.2, -0.15) is 0 Å². The van der Waals surface area contributed by atoms with Crippen molar-refractivity contribution >= 4 is 28.3 Å². The Labute approximate surface area is 193 Å². The molecule has 1 aliphatic rings. The van der Waals surface area contributed by atoms with Gasteiger partial charge in [0.1, 0.15) is 0 Å². The molecule has 3 N–H and O–H groups in total. The molecule has 2 aromatic carbocycles. The van der Waals surface area contributed by atoms with Crippen LogP contribution in [-0.4, -0.2) is 58.6 Å². The Balaban J connectivity index is 1.80. The zero-order valence-electron chi connectivity index (χ0n) is 19.3. The van der Waals surface area contributed by atoms with E-state index in [1.807, 2.05) is 36.4 Å². The summed E-state index contributed by atoms with van der Waals surface area (Å²) < 4.78 is 0. The number of aromatic hydroxyl groups is 1. The van der Waals surface area contributed by atoms with Crippen LogP contribution in [-0.2, 0) is 11.3 Å². The number of fused-ring (bicyclic) bond motifs is 1. The average Bonchev–Trinajstić information content (AvgIpc) is 3.12. The summed E-state index contributed by atoms with van der Waals surface area (Å²) in [5.74, 6) is -0.0621. The molecule has 33 heavy (non-hydrogen) atoms. The summed E-state index contributed by atoms with van der Waals surface area (Å²) in [5.41, 5.74) is 4.53. The van der Waals surface area contributed by atoms with Crippen LogP contribution < -0.4 is 5.32 Å². The van der Waals surface area contributed by atoms with Crippen LogP contribution in [0, 0.1) is 0 Å². The van der Waals surface area contributed by atoms with E-state index in [4.69, 9.17) is 4.99 Å². The Morgan fingerprint density at radius 1 is 1.09 bits per heavy atom. The molecule has 0 radical (unpaired) electrons. The number of carbonyl (C=O) groups excluding carboxylic acids is 2. The molecule has 0 bridgehead atoms. The van der Waals surface area contributed by atoms with E-state index in [1.54, 1.807) is 6.07 Å². The molecule has 1 aliphatic heterocycles. The summed E-state index contributed by atoms with van der Waals surface area (Å²) >= 11 is 0. The number of amides is 1. The van der Waals surface area contributed by atoms with E-state index < -0.39 is 0 Å². The molecule has 3 aromatic rings. The van der Waals surface area contributed by atoms with Gasteiger partial charge >= 0.3 is 0 Å². The topological polar surface area (TPSA) is 97.8 Å². The van der Waals surface area contributed by atoms with Crippen LogP contribution in [0.2, 0.25) is 0 Å². The lowest BCUT2D eigenvalue weighted by molar-refractivity contribution is -0.119. The second-order valence-corrected chi connectivity index (χ2v) is 8.78. The highest BCUT2D eigenvalue weighted by Crippen LogP contribution is 2.32. The smallest absolute Gasteiger partial charge is 0.217 e. The van der Waals surface area contributed by atoms with Crippen molar-refractivity contribution in [1.82, 2.24) is 15.2 Å². The maximum absolute atomic E-state index is 12.0. The van der Waals surface area contributed by atoms with E-state index in [0.29, 0.717) is 23.4 Å². The molecule has 2 heterocycles. The fourth-order valence-electron chi connectivity index (χ4n) is 4.23. The number of piperidine rings is 1. The third kappa shape index (κ3) is 5.14. The number of benzene rings is 2. The van der Waals surface area contributed by atoms with Crippen molar-refractivity contribution in [3.8, 4) is 5.88 Å². The Kier molecular flexibility index (Phi) is 6.60. The standard InChI is InChI=1S/C26H30N4O3/c1-16(31)20-8-9-23-22(14-20)24(26(33)29-23)25(28-21-10-12-30(3)13-11-21)19-6-4-18(5-7-19)15-27-17(2)32/h4-9,14,21,29,33H,10-13,15H2,1-3H3,(H,27,32). The highest BCUT2D eigenvalue weighted by molar-refractivity contribution is 6.21. The normalized spacial score (nSPS) is 15.7. The number of hydrogen-bond donors (Lipinski definition) is 3. The van der Waals surface area contributed by atoms with Crippen LogP contribution in [0.15, 0.2) is 47.5 Å². The molecular formula is C26H30N4O3. The van der Waals surface area contributed by atoms with Crippen LogP contribution in [0.3, 0.4) is 0 Å². The first-order chi connectivity index (χ1) is 15.8. The number of nitrogens with one attached hydrogen (secondary N) is 2. The zero-order chi connectivity index (χ0) is 23.5. The second-order valence-electron chi connectivity index (χ2n) is 8.78. The van der Waals surface area contributed by atoms with Gasteiger partial charge in [0.15, 0.2) is 11.7 Å². The monoisotopic (exact) mass is 446 g/mol. The molecule has 1 fully saturated rings. The van der Waals surface area contributed by atoms with E-state index >= 15 is 0 Å². The first-order valence-electron chi connectivity index (χ1n) is 11.3. The summed E-state index contributed by atoms with van der Waals surface area (Å²) in [6.45, 7) is 5.44. The number of likely N-dealkylation sites (tertiary alicyclic amines) is 1.